The average molecular weight is 345 g/mol. The van der Waals surface area contributed by atoms with Crippen molar-refractivity contribution in [2.75, 3.05) is 5.32 Å². The number of nitrogens with zero attached hydrogens (tertiary/aromatic N) is 1. The molecule has 0 aliphatic carbocycles. The molecule has 0 atom stereocenters. The summed E-state index contributed by atoms with van der Waals surface area (Å²) < 4.78 is 2.57. The van der Waals surface area contributed by atoms with Crippen molar-refractivity contribution < 1.29 is 9.90 Å². The van der Waals surface area contributed by atoms with Gasteiger partial charge < -0.3 is 15.0 Å². The van der Waals surface area contributed by atoms with Crippen molar-refractivity contribution >= 4 is 38.4 Å². The molecular formula is C16H13BrN2O2. The van der Waals surface area contributed by atoms with Crippen molar-refractivity contribution in [2.45, 2.75) is 0 Å². The summed E-state index contributed by atoms with van der Waals surface area (Å²) in [5, 5.41) is 13.5. The summed E-state index contributed by atoms with van der Waals surface area (Å²) in [5.74, 6) is -0.234. The predicted octanol–water partition coefficient (Wildman–Crippen LogP) is 3.90. The third-order valence-electron chi connectivity index (χ3n) is 3.41. The van der Waals surface area contributed by atoms with Gasteiger partial charge in [-0.05, 0) is 34.1 Å². The Balaban J connectivity index is 2.05. The number of aryl methyl sites for hydroxylation is 1. The number of benzene rings is 2. The smallest absolute Gasteiger partial charge is 0.273 e. The van der Waals surface area contributed by atoms with E-state index in [1.54, 1.807) is 18.2 Å². The second kappa shape index (κ2) is 5.26. The quantitative estimate of drug-likeness (QED) is 0.692. The van der Waals surface area contributed by atoms with Gasteiger partial charge in [0.15, 0.2) is 0 Å². The molecule has 21 heavy (non-hydrogen) atoms. The number of amides is 1. The fourth-order valence-corrected chi connectivity index (χ4v) is 3.14. The molecule has 5 heteroatoms. The van der Waals surface area contributed by atoms with Crippen LogP contribution in [-0.2, 0) is 7.05 Å². The summed E-state index contributed by atoms with van der Waals surface area (Å²) in [6, 6.07) is 14.4. The first-order valence-electron chi connectivity index (χ1n) is 6.42. The van der Waals surface area contributed by atoms with Crippen molar-refractivity contribution in [3.8, 4) is 5.75 Å². The molecule has 106 valence electrons. The summed E-state index contributed by atoms with van der Waals surface area (Å²) in [7, 11) is 1.84. The van der Waals surface area contributed by atoms with E-state index in [0.717, 1.165) is 15.4 Å². The van der Waals surface area contributed by atoms with E-state index in [1.807, 2.05) is 35.9 Å². The van der Waals surface area contributed by atoms with Gasteiger partial charge in [-0.1, -0.05) is 30.3 Å². The lowest BCUT2D eigenvalue weighted by Crippen LogP contribution is -2.16. The number of halogens is 1. The number of hydrogen-bond acceptors (Lipinski definition) is 2. The molecule has 1 aromatic heterocycles. The van der Waals surface area contributed by atoms with Crippen LogP contribution >= 0.6 is 15.9 Å². The Labute approximate surface area is 130 Å². The van der Waals surface area contributed by atoms with E-state index in [4.69, 9.17) is 0 Å². The average Bonchev–Trinajstić information content (AvgIpc) is 2.74. The van der Waals surface area contributed by atoms with Gasteiger partial charge in [-0.2, -0.15) is 0 Å². The number of aromatic nitrogens is 1. The summed E-state index contributed by atoms with van der Waals surface area (Å²) in [5.41, 5.74) is 1.87. The molecule has 2 aromatic carbocycles. The van der Waals surface area contributed by atoms with Crippen LogP contribution in [0.15, 0.2) is 53.0 Å². The van der Waals surface area contributed by atoms with Gasteiger partial charge in [0.05, 0.1) is 10.2 Å². The van der Waals surface area contributed by atoms with Gasteiger partial charge in [0.2, 0.25) is 0 Å². The molecule has 1 heterocycles. The fraction of sp³-hybridized carbons (Fsp3) is 0.0625. The molecular weight excluding hydrogens is 332 g/mol. The maximum atomic E-state index is 12.5. The molecule has 1 amide bonds. The van der Waals surface area contributed by atoms with Gasteiger partial charge in [-0.3, -0.25) is 4.79 Å². The van der Waals surface area contributed by atoms with Gasteiger partial charge in [0.25, 0.3) is 5.91 Å². The minimum atomic E-state index is -0.276. The first kappa shape index (κ1) is 13.7. The Bertz CT molecular complexity index is 800. The van der Waals surface area contributed by atoms with Crippen LogP contribution in [-0.4, -0.2) is 15.6 Å². The number of carbonyl (C=O) groups is 1. The zero-order chi connectivity index (χ0) is 15.0. The first-order chi connectivity index (χ1) is 10.1. The van der Waals surface area contributed by atoms with Gasteiger partial charge >= 0.3 is 0 Å². The van der Waals surface area contributed by atoms with E-state index < -0.39 is 0 Å². The molecule has 2 N–H and O–H groups in total. The number of nitrogens with one attached hydrogen (secondary N) is 1. The maximum absolute atomic E-state index is 12.5. The third kappa shape index (κ3) is 2.29. The highest BCUT2D eigenvalue weighted by molar-refractivity contribution is 9.10. The number of phenols is 1. The highest BCUT2D eigenvalue weighted by Crippen LogP contribution is 2.31. The highest BCUT2D eigenvalue weighted by atomic mass is 79.9. The molecule has 0 bridgehead atoms. The van der Waals surface area contributed by atoms with E-state index in [0.29, 0.717) is 11.4 Å². The minimum absolute atomic E-state index is 0.0423. The van der Waals surface area contributed by atoms with E-state index >= 15 is 0 Å². The monoisotopic (exact) mass is 344 g/mol. The van der Waals surface area contributed by atoms with Gasteiger partial charge in [-0.15, -0.1) is 0 Å². The number of para-hydroxylation sites is 3. The molecule has 0 aliphatic rings. The van der Waals surface area contributed by atoms with Crippen molar-refractivity contribution in [3.05, 3.63) is 58.7 Å². The lowest BCUT2D eigenvalue weighted by atomic mass is 10.2. The van der Waals surface area contributed by atoms with E-state index in [9.17, 15) is 9.90 Å². The van der Waals surface area contributed by atoms with Crippen LogP contribution in [0, 0.1) is 0 Å². The maximum Gasteiger partial charge on any atom is 0.273 e. The number of carbonyl (C=O) groups excluding carboxylic acids is 1. The Morgan fingerprint density at radius 2 is 1.81 bits per heavy atom. The number of rotatable bonds is 2. The molecule has 0 unspecified atom stereocenters. The topological polar surface area (TPSA) is 54.3 Å². The summed E-state index contributed by atoms with van der Waals surface area (Å²) >= 11 is 3.49. The lowest BCUT2D eigenvalue weighted by molar-refractivity contribution is 0.101. The van der Waals surface area contributed by atoms with Crippen LogP contribution < -0.4 is 5.32 Å². The Kier molecular flexibility index (Phi) is 3.43. The molecule has 0 saturated carbocycles. The number of hydrogen-bond donors (Lipinski definition) is 2. The molecule has 4 nitrogen and oxygen atoms in total. The normalized spacial score (nSPS) is 10.8. The largest absolute Gasteiger partial charge is 0.506 e. The van der Waals surface area contributed by atoms with Gasteiger partial charge in [-0.25, -0.2) is 0 Å². The molecule has 3 aromatic rings. The summed E-state index contributed by atoms with van der Waals surface area (Å²) in [4.78, 5) is 12.5. The Morgan fingerprint density at radius 1 is 1.14 bits per heavy atom. The predicted molar refractivity (Wildman–Crippen MR) is 86.7 cm³/mol. The van der Waals surface area contributed by atoms with E-state index in [-0.39, 0.29) is 11.7 Å². The van der Waals surface area contributed by atoms with Crippen molar-refractivity contribution in [2.24, 2.45) is 7.05 Å². The van der Waals surface area contributed by atoms with Crippen LogP contribution in [0.25, 0.3) is 10.9 Å². The number of anilines is 1. The highest BCUT2D eigenvalue weighted by Gasteiger charge is 2.19. The molecule has 0 spiro atoms. The number of aromatic hydroxyl groups is 1. The van der Waals surface area contributed by atoms with Gasteiger partial charge in [0, 0.05) is 18.0 Å². The standard InChI is InChI=1S/C16H13BrN2O2/c1-19-12-8-4-2-6-10(12)14(17)15(19)16(21)18-11-7-3-5-9-13(11)20/h2-9,20H,1H3,(H,18,21). The first-order valence-corrected chi connectivity index (χ1v) is 7.21. The minimum Gasteiger partial charge on any atom is -0.506 e. The van der Waals surface area contributed by atoms with Crippen molar-refractivity contribution in [3.63, 3.8) is 0 Å². The van der Waals surface area contributed by atoms with E-state index in [1.165, 1.54) is 6.07 Å². The summed E-state index contributed by atoms with van der Waals surface area (Å²) in [6.07, 6.45) is 0. The van der Waals surface area contributed by atoms with Crippen LogP contribution in [0.5, 0.6) is 5.75 Å². The molecule has 0 fully saturated rings. The zero-order valence-corrected chi connectivity index (χ0v) is 12.9. The second-order valence-corrected chi connectivity index (χ2v) is 5.50. The van der Waals surface area contributed by atoms with Crippen LogP contribution in [0.2, 0.25) is 0 Å². The van der Waals surface area contributed by atoms with Crippen LogP contribution in [0.3, 0.4) is 0 Å². The van der Waals surface area contributed by atoms with E-state index in [2.05, 4.69) is 21.2 Å². The summed E-state index contributed by atoms with van der Waals surface area (Å²) in [6.45, 7) is 0. The van der Waals surface area contributed by atoms with Gasteiger partial charge in [0.1, 0.15) is 11.4 Å². The fourth-order valence-electron chi connectivity index (χ4n) is 2.36. The molecule has 3 rings (SSSR count). The zero-order valence-electron chi connectivity index (χ0n) is 11.3. The Hall–Kier alpha value is -2.27. The Morgan fingerprint density at radius 3 is 2.52 bits per heavy atom. The SMILES string of the molecule is Cn1c(C(=O)Nc2ccccc2O)c(Br)c2ccccc21. The van der Waals surface area contributed by atoms with Crippen LogP contribution in [0.1, 0.15) is 10.5 Å². The van der Waals surface area contributed by atoms with Crippen molar-refractivity contribution in [1.29, 1.82) is 0 Å². The molecule has 0 aliphatic heterocycles. The molecule has 0 radical (unpaired) electrons. The van der Waals surface area contributed by atoms with Crippen molar-refractivity contribution in [1.82, 2.24) is 4.57 Å². The molecule has 0 saturated heterocycles. The second-order valence-electron chi connectivity index (χ2n) is 4.71. The third-order valence-corrected chi connectivity index (χ3v) is 4.22. The van der Waals surface area contributed by atoms with Crippen LogP contribution in [0.4, 0.5) is 5.69 Å². The lowest BCUT2D eigenvalue weighted by Gasteiger charge is -2.08. The number of fused-ring (bicyclic) bond motifs is 1. The number of phenolic OH excluding ortho intramolecular Hbond substituents is 1.